The first kappa shape index (κ1) is 24.6. The Morgan fingerprint density at radius 3 is 2.69 bits per heavy atom. The Morgan fingerprint density at radius 2 is 2.00 bits per heavy atom. The molecule has 1 aromatic heterocycles. The quantitative estimate of drug-likeness (QED) is 0.260. The molecule has 1 aliphatic rings. The normalized spacial score (nSPS) is 19.2. The molecule has 1 amide bonds. The van der Waals surface area contributed by atoms with Crippen LogP contribution < -0.4 is 26.3 Å². The number of carbonyl (C=O) groups excluding carboxylic acids is 2. The van der Waals surface area contributed by atoms with Crippen molar-refractivity contribution in [3.05, 3.63) is 11.4 Å². The number of rotatable bonds is 10. The Labute approximate surface area is 191 Å². The van der Waals surface area contributed by atoms with Gasteiger partial charge in [-0.25, -0.2) is 9.07 Å². The Hall–Kier alpha value is -0.710. The van der Waals surface area contributed by atoms with E-state index in [9.17, 15) is 9.59 Å². The van der Waals surface area contributed by atoms with E-state index in [0.717, 1.165) is 50.8 Å². The van der Waals surface area contributed by atoms with E-state index in [1.54, 1.807) is 7.05 Å². The first-order chi connectivity index (χ1) is 14.4. The zero-order valence-corrected chi connectivity index (χ0v) is 20.6. The van der Waals surface area contributed by atoms with Gasteiger partial charge in [0, 0.05) is 26.4 Å². The number of aryl methyl sites for hydroxylation is 1. The fourth-order valence-corrected chi connectivity index (χ4v) is 3.70. The number of ketones is 1. The van der Waals surface area contributed by atoms with Crippen LogP contribution in [-0.4, -0.2) is 34.3 Å². The van der Waals surface area contributed by atoms with Gasteiger partial charge < -0.3 is 5.32 Å². The van der Waals surface area contributed by atoms with Crippen LogP contribution >= 0.6 is 9.80 Å². The van der Waals surface area contributed by atoms with Gasteiger partial charge in [-0.1, -0.05) is 31.4 Å². The van der Waals surface area contributed by atoms with Crippen molar-refractivity contribution >= 4 is 21.5 Å². The Bertz CT molecular complexity index is 665. The summed E-state index contributed by atoms with van der Waals surface area (Å²) in [7, 11) is 5.15. The molecule has 0 aliphatic heterocycles. The average molecular weight is 543 g/mol. The van der Waals surface area contributed by atoms with Gasteiger partial charge in [-0.3, -0.25) is 9.59 Å². The van der Waals surface area contributed by atoms with Crippen LogP contribution in [0.1, 0.15) is 88.9 Å². The molecule has 1 aliphatic carbocycles. The van der Waals surface area contributed by atoms with Crippen LogP contribution in [0.2, 0.25) is 0 Å². The van der Waals surface area contributed by atoms with Crippen LogP contribution in [0.15, 0.2) is 0 Å². The van der Waals surface area contributed by atoms with Crippen molar-refractivity contribution in [3.8, 4) is 0 Å². The molecular weight excluding hydrogens is 506 g/mol. The van der Waals surface area contributed by atoms with E-state index >= 15 is 4.39 Å². The second kappa shape index (κ2) is 14.3. The zero-order chi connectivity index (χ0) is 22.4. The van der Waals surface area contributed by atoms with Gasteiger partial charge in [0.15, 0.2) is 5.78 Å². The summed E-state index contributed by atoms with van der Waals surface area (Å²) in [6.07, 6.45) is 8.26. The summed E-state index contributed by atoms with van der Waals surface area (Å²) in [4.78, 5) is 24.1. The van der Waals surface area contributed by atoms with E-state index in [1.807, 2.05) is 4.68 Å². The van der Waals surface area contributed by atoms with E-state index in [-0.39, 0.29) is 24.4 Å². The number of fused-ring (bicyclic) bond motifs is 1. The van der Waals surface area contributed by atoms with Crippen molar-refractivity contribution in [1.29, 1.82) is 0.594 Å². The fourth-order valence-electron chi connectivity index (χ4n) is 3.70. The summed E-state index contributed by atoms with van der Waals surface area (Å²) in [6.45, 7) is 2.87. The number of thiol groups is 1. The third kappa shape index (κ3) is 7.80. The van der Waals surface area contributed by atoms with Gasteiger partial charge in [0.25, 0.3) is 0 Å². The van der Waals surface area contributed by atoms with Gasteiger partial charge >= 0.3 is 31.4 Å². The van der Waals surface area contributed by atoms with Crippen molar-refractivity contribution < 1.29 is 35.0 Å². The number of aromatic nitrogens is 3. The molecule has 1 N–H and O–H groups in total. The summed E-state index contributed by atoms with van der Waals surface area (Å²) in [5.74, 6) is -0.469. The predicted octanol–water partition coefficient (Wildman–Crippen LogP) is 0.742. The minimum atomic E-state index is -2.04. The van der Waals surface area contributed by atoms with Crippen LogP contribution in [0.5, 0.6) is 0 Å². The number of hydrogen-bond acceptors (Lipinski definition) is 5. The Morgan fingerprint density at radius 1 is 1.28 bits per heavy atom. The predicted molar refractivity (Wildman–Crippen MR) is 112 cm³/mol. The molecule has 29 heavy (non-hydrogen) atoms. The number of nitrogens with zero attached hydrogens (tertiary/aromatic N) is 3. The van der Waals surface area contributed by atoms with Crippen LogP contribution in [0.3, 0.4) is 0 Å². The Kier molecular flexibility index (Phi) is 12.1. The molecule has 1 heterocycles. The number of nitrogens with one attached hydrogen (secondary N) is 1. The molecule has 168 valence electrons. The monoisotopic (exact) mass is 542 g/mol. The van der Waals surface area contributed by atoms with E-state index in [1.165, 1.54) is 0 Å². The SMILES string of the molecule is CCCCCn1nnc2c1CCCCCC2(F)C(=O)CCCCC(=O)NC.[2H][I-]S. The summed E-state index contributed by atoms with van der Waals surface area (Å²) in [5.41, 5.74) is -0.992. The topological polar surface area (TPSA) is 76.9 Å². The van der Waals surface area contributed by atoms with E-state index in [4.69, 9.17) is 0.594 Å². The number of Topliss-reactive ketones (excluding diaryl/α,β-unsaturated/α-hetero) is 1. The Balaban J connectivity index is 0.00000141. The molecule has 0 saturated carbocycles. The molecule has 9 heteroatoms. The molecular formula is C20H35FIN4O2S-. The second-order valence-electron chi connectivity index (χ2n) is 7.48. The summed E-state index contributed by atoms with van der Waals surface area (Å²) >= 11 is -0.466. The standard InChI is InChI=1S/C20H33FN4O2.H2IS/c1-3-4-10-15-25-16-11-6-5-9-14-20(21,19(16)23-24-25)17(26)12-7-8-13-18(27)22-2;1-2/h3-15H2,1-2H3,(H,22,27);1-2H/q;-1/i;1D. The third-order valence-electron chi connectivity index (χ3n) is 5.40. The van der Waals surface area contributed by atoms with Crippen LogP contribution in [-0.2, 0) is 28.2 Å². The number of amides is 1. The number of halogens is 2. The second-order valence-corrected chi connectivity index (χ2v) is 7.48. The minimum absolute atomic E-state index is 0.0549. The first-order valence-corrected chi connectivity index (χ1v) is 13.8. The molecule has 6 nitrogen and oxygen atoms in total. The number of carbonyl (C=O) groups is 2. The summed E-state index contributed by atoms with van der Waals surface area (Å²) in [5, 5.41) is 10.9. The van der Waals surface area contributed by atoms with Gasteiger partial charge in [-0.15, -0.1) is 5.10 Å². The molecule has 0 fully saturated rings. The van der Waals surface area contributed by atoms with Crippen molar-refractivity contribution in [2.24, 2.45) is 0 Å². The molecule has 0 spiro atoms. The van der Waals surface area contributed by atoms with Crippen molar-refractivity contribution in [2.45, 2.75) is 96.2 Å². The molecule has 1 aromatic rings. The maximum absolute atomic E-state index is 15.9. The zero-order valence-electron chi connectivity index (χ0n) is 18.6. The van der Waals surface area contributed by atoms with Crippen molar-refractivity contribution in [1.82, 2.24) is 20.3 Å². The number of alkyl halides is 1. The van der Waals surface area contributed by atoms with Crippen LogP contribution in [0, 0.1) is 0 Å². The molecule has 2 rings (SSSR count). The summed E-state index contributed by atoms with van der Waals surface area (Å²) < 4.78 is 23.9. The molecule has 1 unspecified atom stereocenters. The number of unbranched alkanes of at least 4 members (excludes halogenated alkanes) is 3. The van der Waals surface area contributed by atoms with Gasteiger partial charge in [0.1, 0.15) is 5.69 Å². The van der Waals surface area contributed by atoms with Gasteiger partial charge in [-0.2, -0.15) is 0 Å². The first-order valence-electron chi connectivity index (χ1n) is 10.9. The van der Waals surface area contributed by atoms with Gasteiger partial charge in [-0.05, 0) is 44.9 Å². The average Bonchev–Trinajstić information content (AvgIpc) is 3.12. The van der Waals surface area contributed by atoms with E-state index in [2.05, 4.69) is 32.4 Å². The van der Waals surface area contributed by atoms with Gasteiger partial charge in [0.05, 0.1) is 5.69 Å². The van der Waals surface area contributed by atoms with E-state index < -0.39 is 32.5 Å². The molecule has 0 saturated heterocycles. The van der Waals surface area contributed by atoms with Crippen LogP contribution in [0.4, 0.5) is 4.39 Å². The third-order valence-corrected chi connectivity index (χ3v) is 5.40. The summed E-state index contributed by atoms with van der Waals surface area (Å²) in [6, 6.07) is 0. The fraction of sp³-hybridized carbons (Fsp3) is 0.800. The molecule has 0 radical (unpaired) electrons. The van der Waals surface area contributed by atoms with Crippen LogP contribution in [0.25, 0.3) is 0 Å². The number of hydrogen-bond donors (Lipinski definition) is 2. The maximum atomic E-state index is 15.9. The van der Waals surface area contributed by atoms with Gasteiger partial charge in [0.2, 0.25) is 11.6 Å². The van der Waals surface area contributed by atoms with Crippen molar-refractivity contribution in [2.75, 3.05) is 7.05 Å². The molecule has 0 bridgehead atoms. The molecule has 0 aromatic carbocycles. The van der Waals surface area contributed by atoms with E-state index in [0.29, 0.717) is 25.7 Å². The van der Waals surface area contributed by atoms with Crippen molar-refractivity contribution in [3.63, 3.8) is 0 Å². The molecule has 1 atom stereocenters.